The number of hydrogen-bond donors (Lipinski definition) is 0. The van der Waals surface area contributed by atoms with Crippen molar-refractivity contribution in [3.8, 4) is 5.75 Å². The third-order valence-corrected chi connectivity index (χ3v) is 3.05. The van der Waals surface area contributed by atoms with Crippen LogP contribution in [0.15, 0.2) is 18.2 Å². The zero-order valence-corrected chi connectivity index (χ0v) is 9.75. The predicted molar refractivity (Wildman–Crippen MR) is 63.4 cm³/mol. The Morgan fingerprint density at radius 1 is 0.933 bits per heavy atom. The largest absolute Gasteiger partial charge is 0.490 e. The van der Waals surface area contributed by atoms with Gasteiger partial charge in [0.25, 0.3) is 0 Å². The molecule has 1 heteroatoms. The number of ether oxygens (including phenoxy) is 1. The molecule has 0 unspecified atom stereocenters. The van der Waals surface area contributed by atoms with Crippen LogP contribution >= 0.6 is 0 Å². The molecule has 82 valence electrons. The molecule has 0 heterocycles. The lowest BCUT2D eigenvalue weighted by atomic mass is 9.98. The highest BCUT2D eigenvalue weighted by atomic mass is 16.5. The van der Waals surface area contributed by atoms with Crippen LogP contribution in [0.3, 0.4) is 0 Å². The van der Waals surface area contributed by atoms with Gasteiger partial charge in [-0.05, 0) is 62.8 Å². The molecule has 0 atom stereocenters. The molecule has 1 saturated carbocycles. The summed E-state index contributed by atoms with van der Waals surface area (Å²) in [7, 11) is 0. The van der Waals surface area contributed by atoms with E-state index in [1.54, 1.807) is 0 Å². The summed E-state index contributed by atoms with van der Waals surface area (Å²) < 4.78 is 6.02. The summed E-state index contributed by atoms with van der Waals surface area (Å²) in [6.45, 7) is 4.25. The maximum Gasteiger partial charge on any atom is 0.120 e. The zero-order valence-electron chi connectivity index (χ0n) is 9.75. The van der Waals surface area contributed by atoms with Gasteiger partial charge in [-0.3, -0.25) is 0 Å². The molecule has 1 aromatic carbocycles. The maximum atomic E-state index is 6.02. The van der Waals surface area contributed by atoms with Crippen LogP contribution in [0.5, 0.6) is 5.75 Å². The lowest BCUT2D eigenvalue weighted by molar-refractivity contribution is 0.155. The van der Waals surface area contributed by atoms with Crippen LogP contribution in [0.1, 0.15) is 43.2 Å². The predicted octanol–water partition coefficient (Wildman–Crippen LogP) is 4.01. The summed E-state index contributed by atoms with van der Waals surface area (Å²) >= 11 is 0. The van der Waals surface area contributed by atoms with E-state index in [1.807, 2.05) is 0 Å². The third kappa shape index (κ3) is 2.98. The number of aryl methyl sites for hydroxylation is 2. The minimum absolute atomic E-state index is 0.458. The summed E-state index contributed by atoms with van der Waals surface area (Å²) in [6, 6.07) is 6.47. The van der Waals surface area contributed by atoms with Gasteiger partial charge in [0.15, 0.2) is 0 Å². The van der Waals surface area contributed by atoms with Gasteiger partial charge in [-0.2, -0.15) is 0 Å². The molecular weight excluding hydrogens is 184 g/mol. The highest BCUT2D eigenvalue weighted by Gasteiger charge is 2.14. The molecule has 15 heavy (non-hydrogen) atoms. The molecule has 1 aliphatic rings. The van der Waals surface area contributed by atoms with Crippen molar-refractivity contribution in [3.05, 3.63) is 29.3 Å². The van der Waals surface area contributed by atoms with E-state index >= 15 is 0 Å². The lowest BCUT2D eigenvalue weighted by Crippen LogP contribution is -2.19. The highest BCUT2D eigenvalue weighted by Crippen LogP contribution is 2.24. The molecule has 0 aromatic heterocycles. The van der Waals surface area contributed by atoms with Crippen LogP contribution in [0.2, 0.25) is 0 Å². The minimum atomic E-state index is 0.458. The Morgan fingerprint density at radius 3 is 2.13 bits per heavy atom. The first-order valence-corrected chi connectivity index (χ1v) is 5.99. The van der Waals surface area contributed by atoms with E-state index in [2.05, 4.69) is 32.0 Å². The summed E-state index contributed by atoms with van der Waals surface area (Å²) in [5.41, 5.74) is 2.58. The standard InChI is InChI=1S/C14H20O/c1-11-8-12(2)10-14(9-11)15-13-6-4-3-5-7-13/h8-10,13H,3-7H2,1-2H3. The quantitative estimate of drug-likeness (QED) is 0.707. The van der Waals surface area contributed by atoms with E-state index in [9.17, 15) is 0 Å². The number of rotatable bonds is 2. The van der Waals surface area contributed by atoms with Crippen LogP contribution in [-0.4, -0.2) is 6.10 Å². The molecule has 1 aliphatic carbocycles. The second kappa shape index (κ2) is 4.69. The van der Waals surface area contributed by atoms with E-state index in [0.29, 0.717) is 6.10 Å². The Bertz CT molecular complexity index is 304. The highest BCUT2D eigenvalue weighted by molar-refractivity contribution is 5.33. The molecule has 1 aromatic rings. The fraction of sp³-hybridized carbons (Fsp3) is 0.571. The molecule has 1 fully saturated rings. The van der Waals surface area contributed by atoms with Crippen molar-refractivity contribution in [1.82, 2.24) is 0 Å². The monoisotopic (exact) mass is 204 g/mol. The molecule has 0 N–H and O–H groups in total. The average Bonchev–Trinajstić information content (AvgIpc) is 2.17. The van der Waals surface area contributed by atoms with E-state index in [-0.39, 0.29) is 0 Å². The van der Waals surface area contributed by atoms with Crippen molar-refractivity contribution in [2.45, 2.75) is 52.1 Å². The maximum absolute atomic E-state index is 6.02. The number of benzene rings is 1. The first-order valence-electron chi connectivity index (χ1n) is 5.99. The van der Waals surface area contributed by atoms with Crippen LogP contribution in [0, 0.1) is 13.8 Å². The molecular formula is C14H20O. The second-order valence-corrected chi connectivity index (χ2v) is 4.70. The SMILES string of the molecule is Cc1cc(C)cc(OC2CCCCC2)c1. The van der Waals surface area contributed by atoms with Crippen molar-refractivity contribution in [1.29, 1.82) is 0 Å². The first kappa shape index (κ1) is 10.5. The zero-order chi connectivity index (χ0) is 10.7. The average molecular weight is 204 g/mol. The van der Waals surface area contributed by atoms with Gasteiger partial charge in [-0.1, -0.05) is 12.5 Å². The Morgan fingerprint density at radius 2 is 1.53 bits per heavy atom. The van der Waals surface area contributed by atoms with E-state index < -0.39 is 0 Å². The van der Waals surface area contributed by atoms with Gasteiger partial charge >= 0.3 is 0 Å². The lowest BCUT2D eigenvalue weighted by Gasteiger charge is -2.23. The minimum Gasteiger partial charge on any atom is -0.490 e. The molecule has 2 rings (SSSR count). The van der Waals surface area contributed by atoms with E-state index in [1.165, 1.54) is 43.2 Å². The molecule has 0 radical (unpaired) electrons. The summed E-state index contributed by atoms with van der Waals surface area (Å²) in [4.78, 5) is 0. The van der Waals surface area contributed by atoms with Gasteiger partial charge in [-0.25, -0.2) is 0 Å². The van der Waals surface area contributed by atoms with Crippen LogP contribution in [0.25, 0.3) is 0 Å². The third-order valence-electron chi connectivity index (χ3n) is 3.05. The van der Waals surface area contributed by atoms with Crippen molar-refractivity contribution in [3.63, 3.8) is 0 Å². The Labute approximate surface area is 92.5 Å². The van der Waals surface area contributed by atoms with Gasteiger partial charge in [0.1, 0.15) is 5.75 Å². The molecule has 1 nitrogen and oxygen atoms in total. The number of hydrogen-bond acceptors (Lipinski definition) is 1. The molecule has 0 bridgehead atoms. The van der Waals surface area contributed by atoms with Crippen LogP contribution in [0.4, 0.5) is 0 Å². The second-order valence-electron chi connectivity index (χ2n) is 4.70. The van der Waals surface area contributed by atoms with Gasteiger partial charge in [0.05, 0.1) is 6.10 Å². The van der Waals surface area contributed by atoms with Gasteiger partial charge < -0.3 is 4.74 Å². The van der Waals surface area contributed by atoms with Crippen molar-refractivity contribution >= 4 is 0 Å². The summed E-state index contributed by atoms with van der Waals surface area (Å²) in [5.74, 6) is 1.06. The smallest absolute Gasteiger partial charge is 0.120 e. The van der Waals surface area contributed by atoms with Gasteiger partial charge in [0.2, 0.25) is 0 Å². The first-order chi connectivity index (χ1) is 7.24. The Balaban J connectivity index is 2.02. The fourth-order valence-corrected chi connectivity index (χ4v) is 2.38. The van der Waals surface area contributed by atoms with E-state index in [0.717, 1.165) is 5.75 Å². The normalized spacial score (nSPS) is 17.7. The Kier molecular flexibility index (Phi) is 3.30. The van der Waals surface area contributed by atoms with Crippen molar-refractivity contribution in [2.75, 3.05) is 0 Å². The molecule has 0 amide bonds. The fourth-order valence-electron chi connectivity index (χ4n) is 2.38. The topological polar surface area (TPSA) is 9.23 Å². The summed E-state index contributed by atoms with van der Waals surface area (Å²) in [6.07, 6.45) is 6.96. The Hall–Kier alpha value is -0.980. The van der Waals surface area contributed by atoms with Crippen LogP contribution < -0.4 is 4.74 Å². The molecule has 0 aliphatic heterocycles. The van der Waals surface area contributed by atoms with Gasteiger partial charge in [-0.15, -0.1) is 0 Å². The van der Waals surface area contributed by atoms with Gasteiger partial charge in [0, 0.05) is 0 Å². The van der Waals surface area contributed by atoms with E-state index in [4.69, 9.17) is 4.74 Å². The summed E-state index contributed by atoms with van der Waals surface area (Å²) in [5, 5.41) is 0. The van der Waals surface area contributed by atoms with Crippen LogP contribution in [-0.2, 0) is 0 Å². The van der Waals surface area contributed by atoms with Crippen molar-refractivity contribution < 1.29 is 4.74 Å². The molecule has 0 saturated heterocycles. The van der Waals surface area contributed by atoms with Crippen molar-refractivity contribution in [2.24, 2.45) is 0 Å². The molecule has 0 spiro atoms.